The lowest BCUT2D eigenvalue weighted by Gasteiger charge is -2.26. The average molecular weight is 635 g/mol. The average Bonchev–Trinajstić information content (AvgIpc) is 3.33. The number of nitrogens with zero attached hydrogens (tertiary/aromatic N) is 1. The Morgan fingerprint density at radius 3 is 2.13 bits per heavy atom. The second-order valence-corrected chi connectivity index (χ2v) is 13.0. The Morgan fingerprint density at radius 2 is 1.57 bits per heavy atom. The third kappa shape index (κ3) is 9.55. The van der Waals surface area contributed by atoms with E-state index in [2.05, 4.69) is 33.3 Å². The molecule has 2 aliphatic carbocycles. The van der Waals surface area contributed by atoms with Crippen molar-refractivity contribution < 1.29 is 33.8 Å². The van der Waals surface area contributed by atoms with Gasteiger partial charge in [-0.25, -0.2) is 15.0 Å². The predicted molar refractivity (Wildman–Crippen MR) is 174 cm³/mol. The lowest BCUT2D eigenvalue weighted by molar-refractivity contribution is -0.155. The fourth-order valence-electron chi connectivity index (χ4n) is 6.16. The summed E-state index contributed by atoms with van der Waals surface area (Å²) in [7, 11) is 0. The number of hydrazone groups is 1. The second kappa shape index (κ2) is 15.7. The number of fused-ring (bicyclic) bond motifs is 3. The molecule has 1 atom stereocenters. The lowest BCUT2D eigenvalue weighted by Crippen LogP contribution is -2.45. The number of benzene rings is 2. The Kier molecular flexibility index (Phi) is 11.8. The Labute approximate surface area is 270 Å². The molecule has 4 N–H and O–H groups in total. The standard InChI is InChI=1S/C35H46N4O7/c1-5-10-29(38-39-33(43)36-20-22-15-17-23(18-16-22)32(41)42)30(19-31(40)46-35(2,3)4)37-34(44)45-21-28-26-13-8-6-11-24(26)25-12-7-9-14-27(25)28/h6-9,11-14,22-23,28,30H,5,10,15-21H2,1-4H3,(H,37,44)(H,41,42)(H2,36,39,43)/b38-29+/t22?,23?,30-/m0/s1. The molecule has 3 amide bonds. The highest BCUT2D eigenvalue weighted by Crippen LogP contribution is 2.44. The molecule has 2 aromatic rings. The molecule has 2 aliphatic rings. The topological polar surface area (TPSA) is 155 Å². The summed E-state index contributed by atoms with van der Waals surface area (Å²) in [5, 5.41) is 19.1. The lowest BCUT2D eigenvalue weighted by atomic mass is 9.82. The number of ether oxygens (including phenoxy) is 2. The Hall–Kier alpha value is -4.41. The van der Waals surface area contributed by atoms with Gasteiger partial charge in [0.05, 0.1) is 24.1 Å². The van der Waals surface area contributed by atoms with Gasteiger partial charge < -0.3 is 25.2 Å². The SMILES string of the molecule is CCC/C(=N\NC(=O)NCC1CCC(C(=O)O)CC1)[C@H](CC(=O)OC(C)(C)C)NC(=O)OCC1c2ccccc2-c2ccccc21. The number of carbonyl (C=O) groups excluding carboxylic acids is 3. The van der Waals surface area contributed by atoms with Crippen molar-refractivity contribution in [1.29, 1.82) is 0 Å². The van der Waals surface area contributed by atoms with E-state index in [1.807, 2.05) is 43.3 Å². The van der Waals surface area contributed by atoms with Gasteiger partial charge in [0.1, 0.15) is 12.2 Å². The molecule has 46 heavy (non-hydrogen) atoms. The van der Waals surface area contributed by atoms with Crippen molar-refractivity contribution in [3.63, 3.8) is 0 Å². The van der Waals surface area contributed by atoms with E-state index in [0.29, 0.717) is 37.9 Å². The molecule has 0 aromatic heterocycles. The Morgan fingerprint density at radius 1 is 0.957 bits per heavy atom. The van der Waals surface area contributed by atoms with Gasteiger partial charge in [-0.1, -0.05) is 61.9 Å². The molecule has 11 heteroatoms. The molecule has 4 rings (SSSR count). The van der Waals surface area contributed by atoms with Crippen molar-refractivity contribution in [2.24, 2.45) is 16.9 Å². The van der Waals surface area contributed by atoms with E-state index >= 15 is 0 Å². The number of esters is 1. The summed E-state index contributed by atoms with van der Waals surface area (Å²) in [6, 6.07) is 14.7. The summed E-state index contributed by atoms with van der Waals surface area (Å²) in [5.41, 5.74) is 6.58. The van der Waals surface area contributed by atoms with Crippen LogP contribution in [0.15, 0.2) is 53.6 Å². The van der Waals surface area contributed by atoms with E-state index in [4.69, 9.17) is 9.47 Å². The molecular weight excluding hydrogens is 588 g/mol. The van der Waals surface area contributed by atoms with E-state index < -0.39 is 35.7 Å². The third-order valence-electron chi connectivity index (χ3n) is 8.38. The van der Waals surface area contributed by atoms with Crippen LogP contribution in [0.3, 0.4) is 0 Å². The van der Waals surface area contributed by atoms with E-state index in [0.717, 1.165) is 35.1 Å². The minimum Gasteiger partial charge on any atom is -0.481 e. The summed E-state index contributed by atoms with van der Waals surface area (Å²) < 4.78 is 11.3. The summed E-state index contributed by atoms with van der Waals surface area (Å²) in [4.78, 5) is 49.9. The van der Waals surface area contributed by atoms with Gasteiger partial charge in [0, 0.05) is 12.5 Å². The fourth-order valence-corrected chi connectivity index (χ4v) is 6.16. The zero-order chi connectivity index (χ0) is 33.3. The predicted octanol–water partition coefficient (Wildman–Crippen LogP) is 5.97. The van der Waals surface area contributed by atoms with Crippen LogP contribution < -0.4 is 16.1 Å². The zero-order valence-corrected chi connectivity index (χ0v) is 27.1. The number of urea groups is 1. The van der Waals surface area contributed by atoms with Crippen LogP contribution in [0.1, 0.15) is 89.7 Å². The molecule has 1 fully saturated rings. The van der Waals surface area contributed by atoms with Crippen molar-refractivity contribution in [3.05, 3.63) is 59.7 Å². The van der Waals surface area contributed by atoms with E-state index in [9.17, 15) is 24.3 Å². The maximum Gasteiger partial charge on any atom is 0.407 e. The van der Waals surface area contributed by atoms with E-state index in [-0.39, 0.29) is 30.8 Å². The van der Waals surface area contributed by atoms with Crippen LogP contribution in [0, 0.1) is 11.8 Å². The molecule has 2 aromatic carbocycles. The molecular formula is C35H46N4O7. The van der Waals surface area contributed by atoms with Crippen LogP contribution in [0.2, 0.25) is 0 Å². The summed E-state index contributed by atoms with van der Waals surface area (Å²) >= 11 is 0. The summed E-state index contributed by atoms with van der Waals surface area (Å²) in [6.07, 6.45) is 2.78. The molecule has 0 radical (unpaired) electrons. The number of carbonyl (C=O) groups is 4. The van der Waals surface area contributed by atoms with Crippen LogP contribution in [0.4, 0.5) is 9.59 Å². The first-order valence-corrected chi connectivity index (χ1v) is 16.1. The highest BCUT2D eigenvalue weighted by Gasteiger charge is 2.31. The molecule has 0 heterocycles. The van der Waals surface area contributed by atoms with Crippen LogP contribution in [0.5, 0.6) is 0 Å². The second-order valence-electron chi connectivity index (χ2n) is 13.0. The largest absolute Gasteiger partial charge is 0.481 e. The van der Waals surface area contributed by atoms with Gasteiger partial charge in [-0.3, -0.25) is 9.59 Å². The van der Waals surface area contributed by atoms with Crippen molar-refractivity contribution in [2.45, 2.75) is 90.2 Å². The van der Waals surface area contributed by atoms with E-state index in [1.165, 1.54) is 0 Å². The smallest absolute Gasteiger partial charge is 0.407 e. The van der Waals surface area contributed by atoms with Crippen molar-refractivity contribution in [3.8, 4) is 11.1 Å². The van der Waals surface area contributed by atoms with Gasteiger partial charge in [-0.2, -0.15) is 5.10 Å². The molecule has 0 bridgehead atoms. The van der Waals surface area contributed by atoms with Gasteiger partial charge in [0.2, 0.25) is 0 Å². The minimum atomic E-state index is -0.878. The Balaban J connectivity index is 1.40. The first-order chi connectivity index (χ1) is 21.9. The summed E-state index contributed by atoms with van der Waals surface area (Å²) in [6.45, 7) is 7.73. The number of rotatable bonds is 12. The maximum atomic E-state index is 13.2. The van der Waals surface area contributed by atoms with Gasteiger partial charge >= 0.3 is 24.1 Å². The minimum absolute atomic E-state index is 0.105. The van der Waals surface area contributed by atoms with Gasteiger partial charge in [0.25, 0.3) is 0 Å². The van der Waals surface area contributed by atoms with Crippen molar-refractivity contribution >= 4 is 29.8 Å². The maximum absolute atomic E-state index is 13.2. The quantitative estimate of drug-likeness (QED) is 0.127. The molecule has 0 aliphatic heterocycles. The summed E-state index contributed by atoms with van der Waals surface area (Å²) in [5.74, 6) is -1.56. The number of carboxylic acids is 1. The number of hydrogen-bond acceptors (Lipinski definition) is 7. The monoisotopic (exact) mass is 634 g/mol. The molecule has 11 nitrogen and oxygen atoms in total. The third-order valence-corrected chi connectivity index (χ3v) is 8.38. The number of alkyl carbamates (subject to hydrolysis) is 1. The molecule has 248 valence electrons. The Bertz CT molecular complexity index is 1380. The normalized spacial score (nSPS) is 18.5. The van der Waals surface area contributed by atoms with Crippen LogP contribution >= 0.6 is 0 Å². The van der Waals surface area contributed by atoms with Crippen LogP contribution in [0.25, 0.3) is 11.1 Å². The molecule has 0 saturated heterocycles. The number of nitrogens with one attached hydrogen (secondary N) is 3. The number of aliphatic carboxylic acids is 1. The fraction of sp³-hybridized carbons (Fsp3) is 0.514. The number of amides is 3. The first kappa shape index (κ1) is 34.5. The highest BCUT2D eigenvalue weighted by atomic mass is 16.6. The molecule has 0 spiro atoms. The van der Waals surface area contributed by atoms with Crippen LogP contribution in [-0.4, -0.2) is 59.7 Å². The van der Waals surface area contributed by atoms with Gasteiger partial charge in [-0.05, 0) is 81.0 Å². The van der Waals surface area contributed by atoms with Crippen molar-refractivity contribution in [2.75, 3.05) is 13.2 Å². The molecule has 1 saturated carbocycles. The zero-order valence-electron chi connectivity index (χ0n) is 27.1. The van der Waals surface area contributed by atoms with E-state index in [1.54, 1.807) is 20.8 Å². The number of hydrogen-bond donors (Lipinski definition) is 4. The van der Waals surface area contributed by atoms with Crippen LogP contribution in [-0.2, 0) is 19.1 Å². The van der Waals surface area contributed by atoms with Crippen molar-refractivity contribution in [1.82, 2.24) is 16.1 Å². The number of carboxylic acid groups (broad SMARTS) is 1. The first-order valence-electron chi connectivity index (χ1n) is 16.1. The molecule has 0 unspecified atom stereocenters. The highest BCUT2D eigenvalue weighted by molar-refractivity contribution is 5.95. The van der Waals surface area contributed by atoms with Gasteiger partial charge in [-0.15, -0.1) is 0 Å². The van der Waals surface area contributed by atoms with Gasteiger partial charge in [0.15, 0.2) is 0 Å².